The molecule has 1 amide bonds. The van der Waals surface area contributed by atoms with Crippen LogP contribution in [-0.4, -0.2) is 58.5 Å². The highest BCUT2D eigenvalue weighted by atomic mass is 16.5. The van der Waals surface area contributed by atoms with Gasteiger partial charge in [0.2, 0.25) is 5.91 Å². The highest BCUT2D eigenvalue weighted by molar-refractivity contribution is 5.93. The Hall–Kier alpha value is -3.43. The number of nitrogens with one attached hydrogen (secondary N) is 1. The van der Waals surface area contributed by atoms with Crippen LogP contribution in [0.25, 0.3) is 5.65 Å². The van der Waals surface area contributed by atoms with Crippen molar-refractivity contribution in [2.45, 2.75) is 12.8 Å². The van der Waals surface area contributed by atoms with E-state index < -0.39 is 0 Å². The molecule has 0 aliphatic carbocycles. The summed E-state index contributed by atoms with van der Waals surface area (Å²) in [5, 5.41) is 18.7. The summed E-state index contributed by atoms with van der Waals surface area (Å²) >= 11 is 0. The van der Waals surface area contributed by atoms with E-state index >= 15 is 0 Å². The maximum Gasteiger partial charge on any atom is 0.227 e. The van der Waals surface area contributed by atoms with Crippen LogP contribution in [0.1, 0.15) is 12.8 Å². The molecule has 0 atom stereocenters. The van der Waals surface area contributed by atoms with E-state index in [4.69, 9.17) is 9.47 Å². The quantitative estimate of drug-likeness (QED) is 0.704. The Morgan fingerprint density at radius 1 is 1.11 bits per heavy atom. The molecule has 3 aromatic rings. The van der Waals surface area contributed by atoms with Crippen LogP contribution in [0.2, 0.25) is 0 Å². The lowest BCUT2D eigenvalue weighted by Crippen LogP contribution is -2.38. The minimum absolute atomic E-state index is 0.00107. The fraction of sp³-hybridized carbons (Fsp3) is 0.389. The first-order valence-corrected chi connectivity index (χ1v) is 9.00. The molecule has 1 aliphatic rings. The fourth-order valence-corrected chi connectivity index (χ4v) is 3.30. The van der Waals surface area contributed by atoms with Gasteiger partial charge < -0.3 is 19.7 Å². The van der Waals surface area contributed by atoms with Gasteiger partial charge in [0.1, 0.15) is 11.5 Å². The summed E-state index contributed by atoms with van der Waals surface area (Å²) in [6.07, 6.45) is 1.48. The Labute approximate surface area is 161 Å². The lowest BCUT2D eigenvalue weighted by Gasteiger charge is -2.31. The molecule has 0 spiro atoms. The summed E-state index contributed by atoms with van der Waals surface area (Å²) < 4.78 is 11.9. The first-order chi connectivity index (χ1) is 13.7. The van der Waals surface area contributed by atoms with Crippen LogP contribution in [0.5, 0.6) is 11.5 Å². The molecule has 10 heteroatoms. The summed E-state index contributed by atoms with van der Waals surface area (Å²) in [5.74, 6) is 2.00. The molecular weight excluding hydrogens is 362 g/mol. The van der Waals surface area contributed by atoms with Crippen molar-refractivity contribution in [3.8, 4) is 11.5 Å². The monoisotopic (exact) mass is 383 g/mol. The van der Waals surface area contributed by atoms with Gasteiger partial charge in [-0.3, -0.25) is 4.79 Å². The summed E-state index contributed by atoms with van der Waals surface area (Å²) in [5.41, 5.74) is 1.26. The van der Waals surface area contributed by atoms with Crippen LogP contribution in [0, 0.1) is 5.92 Å². The van der Waals surface area contributed by atoms with Gasteiger partial charge in [0.25, 0.3) is 0 Å². The molecule has 146 valence electrons. The highest BCUT2D eigenvalue weighted by Crippen LogP contribution is 2.28. The number of piperidine rings is 1. The first-order valence-electron chi connectivity index (χ1n) is 9.00. The van der Waals surface area contributed by atoms with Crippen molar-refractivity contribution in [2.75, 3.05) is 37.5 Å². The predicted molar refractivity (Wildman–Crippen MR) is 102 cm³/mol. The normalized spacial score (nSPS) is 14.9. The second kappa shape index (κ2) is 7.67. The third-order valence-corrected chi connectivity index (χ3v) is 4.86. The summed E-state index contributed by atoms with van der Waals surface area (Å²) in [6, 6.07) is 9.05. The second-order valence-electron chi connectivity index (χ2n) is 6.57. The average Bonchev–Trinajstić information content (AvgIpc) is 3.21. The van der Waals surface area contributed by atoms with Crippen molar-refractivity contribution in [3.05, 3.63) is 30.3 Å². The molecular formula is C18H21N7O3. The van der Waals surface area contributed by atoms with Crippen LogP contribution in [-0.2, 0) is 4.79 Å². The molecule has 0 unspecified atom stereocenters. The zero-order valence-corrected chi connectivity index (χ0v) is 15.7. The standard InChI is InChI=1S/C18H21N7O3/c1-27-14-9-13(10-15(11-14)28-2)19-18(26)12-5-7-24(8-6-12)17-4-3-16-20-22-23-25(16)21-17/h3-4,9-12H,5-8H2,1-2H3,(H,19,26). The second-order valence-corrected chi connectivity index (χ2v) is 6.57. The molecule has 2 aromatic heterocycles. The molecule has 0 radical (unpaired) electrons. The van der Waals surface area contributed by atoms with Crippen LogP contribution < -0.4 is 19.7 Å². The number of rotatable bonds is 5. The minimum Gasteiger partial charge on any atom is -0.497 e. The number of aromatic nitrogens is 5. The van der Waals surface area contributed by atoms with E-state index in [1.807, 2.05) is 12.1 Å². The number of nitrogens with zero attached hydrogens (tertiary/aromatic N) is 6. The molecule has 10 nitrogen and oxygen atoms in total. The molecule has 1 N–H and O–H groups in total. The van der Waals surface area contributed by atoms with E-state index in [1.165, 1.54) is 4.63 Å². The van der Waals surface area contributed by atoms with Crippen molar-refractivity contribution in [1.82, 2.24) is 25.3 Å². The van der Waals surface area contributed by atoms with Crippen LogP contribution in [0.15, 0.2) is 30.3 Å². The topological polar surface area (TPSA) is 107 Å². The molecule has 28 heavy (non-hydrogen) atoms. The van der Waals surface area contributed by atoms with Crippen molar-refractivity contribution in [3.63, 3.8) is 0 Å². The van der Waals surface area contributed by atoms with E-state index in [2.05, 4.69) is 30.8 Å². The number of carbonyl (C=O) groups is 1. The molecule has 1 saturated heterocycles. The Balaban J connectivity index is 1.38. The van der Waals surface area contributed by atoms with E-state index in [-0.39, 0.29) is 11.8 Å². The number of amides is 1. The SMILES string of the molecule is COc1cc(NC(=O)C2CCN(c3ccc4nnnn4n3)CC2)cc(OC)c1. The van der Waals surface area contributed by atoms with Gasteiger partial charge in [-0.2, -0.15) is 0 Å². The van der Waals surface area contributed by atoms with Crippen LogP contribution in [0.3, 0.4) is 0 Å². The van der Waals surface area contributed by atoms with E-state index in [1.54, 1.807) is 32.4 Å². The van der Waals surface area contributed by atoms with Gasteiger partial charge in [-0.1, -0.05) is 0 Å². The van der Waals surface area contributed by atoms with Crippen molar-refractivity contribution in [1.29, 1.82) is 0 Å². The van der Waals surface area contributed by atoms with Crippen molar-refractivity contribution < 1.29 is 14.3 Å². The van der Waals surface area contributed by atoms with E-state index in [0.29, 0.717) is 22.8 Å². The fourth-order valence-electron chi connectivity index (χ4n) is 3.30. The number of carbonyl (C=O) groups excluding carboxylic acids is 1. The van der Waals surface area contributed by atoms with Gasteiger partial charge >= 0.3 is 0 Å². The summed E-state index contributed by atoms with van der Waals surface area (Å²) in [4.78, 5) is 14.8. The largest absolute Gasteiger partial charge is 0.497 e. The molecule has 1 aromatic carbocycles. The van der Waals surface area contributed by atoms with Crippen LogP contribution in [0.4, 0.5) is 11.5 Å². The lowest BCUT2D eigenvalue weighted by atomic mass is 9.96. The van der Waals surface area contributed by atoms with Gasteiger partial charge in [-0.25, -0.2) is 0 Å². The van der Waals surface area contributed by atoms with Gasteiger partial charge in [0.15, 0.2) is 11.5 Å². The highest BCUT2D eigenvalue weighted by Gasteiger charge is 2.26. The third kappa shape index (κ3) is 3.66. The van der Waals surface area contributed by atoms with E-state index in [0.717, 1.165) is 31.7 Å². The molecule has 4 rings (SSSR count). The summed E-state index contributed by atoms with van der Waals surface area (Å²) in [7, 11) is 3.16. The molecule has 1 fully saturated rings. The Morgan fingerprint density at radius 3 is 2.50 bits per heavy atom. The minimum atomic E-state index is -0.0646. The van der Waals surface area contributed by atoms with Gasteiger partial charge in [0, 0.05) is 42.9 Å². The number of ether oxygens (including phenoxy) is 2. The summed E-state index contributed by atoms with van der Waals surface area (Å²) in [6.45, 7) is 1.47. The van der Waals surface area contributed by atoms with Crippen LogP contribution >= 0.6 is 0 Å². The molecule has 0 bridgehead atoms. The van der Waals surface area contributed by atoms with Crippen molar-refractivity contribution >= 4 is 23.1 Å². The van der Waals surface area contributed by atoms with E-state index in [9.17, 15) is 4.79 Å². The lowest BCUT2D eigenvalue weighted by molar-refractivity contribution is -0.120. The number of anilines is 2. The van der Waals surface area contributed by atoms with Crippen molar-refractivity contribution in [2.24, 2.45) is 5.92 Å². The Morgan fingerprint density at radius 2 is 1.82 bits per heavy atom. The number of fused-ring (bicyclic) bond motifs is 1. The number of hydrogen-bond donors (Lipinski definition) is 1. The maximum absolute atomic E-state index is 12.7. The Bertz CT molecular complexity index is 960. The number of hydrogen-bond acceptors (Lipinski definition) is 8. The first kappa shape index (κ1) is 18.0. The average molecular weight is 383 g/mol. The smallest absolute Gasteiger partial charge is 0.227 e. The zero-order chi connectivity index (χ0) is 19.5. The Kier molecular flexibility index (Phi) is 4.92. The van der Waals surface area contributed by atoms with Gasteiger partial charge in [-0.05, 0) is 35.4 Å². The zero-order valence-electron chi connectivity index (χ0n) is 15.7. The van der Waals surface area contributed by atoms with Gasteiger partial charge in [-0.15, -0.1) is 14.8 Å². The molecule has 3 heterocycles. The molecule has 0 saturated carbocycles. The predicted octanol–water partition coefficient (Wildman–Crippen LogP) is 1.39. The number of methoxy groups -OCH3 is 2. The molecule has 1 aliphatic heterocycles. The third-order valence-electron chi connectivity index (χ3n) is 4.86. The maximum atomic E-state index is 12.7. The number of benzene rings is 1. The number of tetrazole rings is 1. The van der Waals surface area contributed by atoms with Gasteiger partial charge in [0.05, 0.1) is 14.2 Å².